The number of hydrogen-bond donors (Lipinski definition) is 1. The van der Waals surface area contributed by atoms with Crippen LogP contribution in [0.5, 0.6) is 0 Å². The summed E-state index contributed by atoms with van der Waals surface area (Å²) in [7, 11) is 1.88. The van der Waals surface area contributed by atoms with E-state index in [9.17, 15) is 9.59 Å². The van der Waals surface area contributed by atoms with Crippen molar-refractivity contribution in [2.75, 3.05) is 13.2 Å². The zero-order valence-electron chi connectivity index (χ0n) is 11.0. The van der Waals surface area contributed by atoms with Crippen LogP contribution in [0.15, 0.2) is 30.5 Å². The summed E-state index contributed by atoms with van der Waals surface area (Å²) in [6.07, 6.45) is 1.76. The maximum atomic E-state index is 12.0. The molecule has 0 radical (unpaired) electrons. The van der Waals surface area contributed by atoms with Crippen LogP contribution in [0.4, 0.5) is 0 Å². The number of hydrogen-bond acceptors (Lipinski definition) is 3. The van der Waals surface area contributed by atoms with Gasteiger partial charge >= 0.3 is 5.97 Å². The summed E-state index contributed by atoms with van der Waals surface area (Å²) in [6.45, 7) is 1.92. The van der Waals surface area contributed by atoms with Crippen molar-refractivity contribution in [1.29, 1.82) is 0 Å². The normalized spacial score (nSPS) is 10.4. The minimum absolute atomic E-state index is 0.115. The summed E-state index contributed by atoms with van der Waals surface area (Å²) >= 11 is 0. The van der Waals surface area contributed by atoms with Crippen LogP contribution in [0, 0.1) is 0 Å². The topological polar surface area (TPSA) is 60.3 Å². The number of nitrogens with zero attached hydrogens (tertiary/aromatic N) is 1. The third kappa shape index (κ3) is 2.76. The van der Waals surface area contributed by atoms with Gasteiger partial charge in [-0.15, -0.1) is 0 Å². The monoisotopic (exact) mass is 260 g/mol. The van der Waals surface area contributed by atoms with Gasteiger partial charge in [-0.2, -0.15) is 0 Å². The molecule has 5 nitrogen and oxygen atoms in total. The van der Waals surface area contributed by atoms with Crippen LogP contribution >= 0.6 is 0 Å². The summed E-state index contributed by atoms with van der Waals surface area (Å²) in [5.41, 5.74) is 1.53. The predicted molar refractivity (Wildman–Crippen MR) is 71.9 cm³/mol. The van der Waals surface area contributed by atoms with Crippen LogP contribution in [0.3, 0.4) is 0 Å². The molecular weight excluding hydrogens is 244 g/mol. The van der Waals surface area contributed by atoms with Crippen LogP contribution in [-0.4, -0.2) is 29.6 Å². The Balaban J connectivity index is 2.16. The van der Waals surface area contributed by atoms with E-state index in [0.717, 1.165) is 10.9 Å². The molecule has 5 heteroatoms. The highest BCUT2D eigenvalue weighted by Gasteiger charge is 2.14. The lowest BCUT2D eigenvalue weighted by atomic mass is 10.1. The minimum Gasteiger partial charge on any atom is -0.465 e. The molecule has 100 valence electrons. The fraction of sp³-hybridized carbons (Fsp3) is 0.286. The summed E-state index contributed by atoms with van der Waals surface area (Å²) in [6, 6.07) is 7.62. The first-order chi connectivity index (χ1) is 9.13. The summed E-state index contributed by atoms with van der Waals surface area (Å²) in [5.74, 6) is -0.707. The summed E-state index contributed by atoms with van der Waals surface area (Å²) in [4.78, 5) is 23.3. The smallest absolute Gasteiger partial charge is 0.325 e. The number of carbonyl (C=O) groups excluding carboxylic acids is 2. The molecule has 0 aliphatic rings. The van der Waals surface area contributed by atoms with Crippen LogP contribution in [0.1, 0.15) is 17.3 Å². The van der Waals surface area contributed by atoms with Gasteiger partial charge in [0.15, 0.2) is 0 Å². The van der Waals surface area contributed by atoms with Crippen molar-refractivity contribution in [1.82, 2.24) is 9.88 Å². The molecule has 0 spiro atoms. The lowest BCUT2D eigenvalue weighted by molar-refractivity contribution is -0.141. The van der Waals surface area contributed by atoms with E-state index in [1.54, 1.807) is 13.1 Å². The average Bonchev–Trinajstić information content (AvgIpc) is 2.75. The number of fused-ring (bicyclic) bond motifs is 1. The number of rotatable bonds is 4. The second kappa shape index (κ2) is 5.56. The van der Waals surface area contributed by atoms with E-state index in [1.165, 1.54) is 0 Å². The first kappa shape index (κ1) is 13.1. The van der Waals surface area contributed by atoms with Gasteiger partial charge in [-0.1, -0.05) is 18.2 Å². The molecule has 0 aliphatic heterocycles. The number of aromatic nitrogens is 1. The van der Waals surface area contributed by atoms with Gasteiger partial charge in [0.1, 0.15) is 6.54 Å². The van der Waals surface area contributed by atoms with Crippen LogP contribution in [-0.2, 0) is 16.6 Å². The molecule has 2 aromatic rings. The van der Waals surface area contributed by atoms with E-state index < -0.39 is 5.97 Å². The Morgan fingerprint density at radius 3 is 2.79 bits per heavy atom. The quantitative estimate of drug-likeness (QED) is 0.847. The minimum atomic E-state index is -0.434. The third-order valence-corrected chi connectivity index (χ3v) is 2.84. The van der Waals surface area contributed by atoms with Crippen LogP contribution in [0.25, 0.3) is 10.9 Å². The highest BCUT2D eigenvalue weighted by atomic mass is 16.5. The van der Waals surface area contributed by atoms with E-state index >= 15 is 0 Å². The van der Waals surface area contributed by atoms with Crippen molar-refractivity contribution in [3.63, 3.8) is 0 Å². The SMILES string of the molecule is CCOC(=O)CNC(=O)c1cn(C)c2ccccc12. The predicted octanol–water partition coefficient (Wildman–Crippen LogP) is 1.47. The number of carbonyl (C=O) groups is 2. The second-order valence-electron chi connectivity index (χ2n) is 4.16. The number of aryl methyl sites for hydroxylation is 1. The highest BCUT2D eigenvalue weighted by Crippen LogP contribution is 2.19. The molecule has 1 N–H and O–H groups in total. The second-order valence-corrected chi connectivity index (χ2v) is 4.16. The van der Waals surface area contributed by atoms with Gasteiger partial charge < -0.3 is 14.6 Å². The fourth-order valence-electron chi connectivity index (χ4n) is 1.98. The van der Waals surface area contributed by atoms with Gasteiger partial charge in [0.2, 0.25) is 0 Å². The molecule has 1 amide bonds. The maximum absolute atomic E-state index is 12.0. The first-order valence-electron chi connectivity index (χ1n) is 6.11. The Morgan fingerprint density at radius 2 is 2.05 bits per heavy atom. The van der Waals surface area contributed by atoms with Crippen LogP contribution < -0.4 is 5.32 Å². The molecule has 0 aliphatic carbocycles. The Hall–Kier alpha value is -2.30. The van der Waals surface area contributed by atoms with Crippen molar-refractivity contribution in [3.05, 3.63) is 36.0 Å². The van der Waals surface area contributed by atoms with E-state index in [2.05, 4.69) is 5.32 Å². The van der Waals surface area contributed by atoms with Crippen molar-refractivity contribution in [2.24, 2.45) is 7.05 Å². The van der Waals surface area contributed by atoms with Crippen molar-refractivity contribution in [3.8, 4) is 0 Å². The highest BCUT2D eigenvalue weighted by molar-refractivity contribution is 6.07. The molecule has 0 fully saturated rings. The lowest BCUT2D eigenvalue weighted by Crippen LogP contribution is -2.30. The molecule has 1 heterocycles. The zero-order chi connectivity index (χ0) is 13.8. The number of para-hydroxylation sites is 1. The molecule has 0 saturated carbocycles. The number of nitrogens with one attached hydrogen (secondary N) is 1. The standard InChI is InChI=1S/C14H16N2O3/c1-3-19-13(17)8-15-14(18)11-9-16(2)12-7-5-4-6-10(11)12/h4-7,9H,3,8H2,1-2H3,(H,15,18). The van der Waals surface area contributed by atoms with Gasteiger partial charge in [0.05, 0.1) is 12.2 Å². The summed E-state index contributed by atoms with van der Waals surface area (Å²) in [5, 5.41) is 3.43. The Kier molecular flexibility index (Phi) is 3.85. The number of esters is 1. The Labute approximate surface area is 111 Å². The largest absolute Gasteiger partial charge is 0.465 e. The van der Waals surface area contributed by atoms with E-state index in [1.807, 2.05) is 35.9 Å². The molecule has 0 bridgehead atoms. The Morgan fingerprint density at radius 1 is 1.32 bits per heavy atom. The third-order valence-electron chi connectivity index (χ3n) is 2.84. The van der Waals surface area contributed by atoms with Gasteiger partial charge in [0.25, 0.3) is 5.91 Å². The molecule has 0 saturated heterocycles. The Bertz CT molecular complexity index is 616. The van der Waals surface area contributed by atoms with Crippen molar-refractivity contribution in [2.45, 2.75) is 6.92 Å². The maximum Gasteiger partial charge on any atom is 0.325 e. The van der Waals surface area contributed by atoms with Gasteiger partial charge in [-0.05, 0) is 13.0 Å². The molecule has 1 aromatic carbocycles. The molecule has 0 unspecified atom stereocenters. The van der Waals surface area contributed by atoms with E-state index in [4.69, 9.17) is 4.74 Å². The number of ether oxygens (including phenoxy) is 1. The van der Waals surface area contributed by atoms with Crippen LogP contribution in [0.2, 0.25) is 0 Å². The zero-order valence-corrected chi connectivity index (χ0v) is 11.0. The van der Waals surface area contributed by atoms with Crippen molar-refractivity contribution >= 4 is 22.8 Å². The fourth-order valence-corrected chi connectivity index (χ4v) is 1.98. The van der Waals surface area contributed by atoms with E-state index in [0.29, 0.717) is 12.2 Å². The number of benzene rings is 1. The molecule has 2 rings (SSSR count). The molecular formula is C14H16N2O3. The van der Waals surface area contributed by atoms with Crippen molar-refractivity contribution < 1.29 is 14.3 Å². The van der Waals surface area contributed by atoms with Gasteiger partial charge in [0, 0.05) is 24.1 Å². The molecule has 0 atom stereocenters. The summed E-state index contributed by atoms with van der Waals surface area (Å²) < 4.78 is 6.65. The van der Waals surface area contributed by atoms with Gasteiger partial charge in [-0.3, -0.25) is 9.59 Å². The number of amides is 1. The lowest BCUT2D eigenvalue weighted by Gasteiger charge is -2.03. The first-order valence-corrected chi connectivity index (χ1v) is 6.11. The molecule has 1 aromatic heterocycles. The average molecular weight is 260 g/mol. The van der Waals surface area contributed by atoms with Gasteiger partial charge in [-0.25, -0.2) is 0 Å². The van der Waals surface area contributed by atoms with E-state index in [-0.39, 0.29) is 12.5 Å². The molecule has 19 heavy (non-hydrogen) atoms.